The summed E-state index contributed by atoms with van der Waals surface area (Å²) in [4.78, 5) is 28.0. The predicted octanol–water partition coefficient (Wildman–Crippen LogP) is 3.58. The number of nitro benzene ring substituents is 1. The summed E-state index contributed by atoms with van der Waals surface area (Å²) >= 11 is 0. The van der Waals surface area contributed by atoms with Crippen molar-refractivity contribution in [1.82, 2.24) is 19.3 Å². The van der Waals surface area contributed by atoms with Gasteiger partial charge in [0.05, 0.1) is 24.1 Å². The van der Waals surface area contributed by atoms with Gasteiger partial charge in [-0.2, -0.15) is 5.10 Å². The minimum absolute atomic E-state index is 0.109. The Labute approximate surface area is 177 Å². The Morgan fingerprint density at radius 2 is 1.94 bits per heavy atom. The fraction of sp³-hybridized carbons (Fsp3) is 0.227. The first-order valence-electron chi connectivity index (χ1n) is 9.82. The smallest absolute Gasteiger partial charge is 0.294 e. The maximum Gasteiger partial charge on any atom is 0.294 e. The third-order valence-electron chi connectivity index (χ3n) is 5.15. The van der Waals surface area contributed by atoms with Crippen LogP contribution in [-0.2, 0) is 6.54 Å². The molecule has 2 heterocycles. The molecule has 0 spiro atoms. The first-order valence-corrected chi connectivity index (χ1v) is 9.82. The van der Waals surface area contributed by atoms with Gasteiger partial charge in [0.2, 0.25) is 0 Å². The minimum Gasteiger partial charge on any atom is -0.494 e. The second kappa shape index (κ2) is 8.39. The van der Waals surface area contributed by atoms with E-state index in [4.69, 9.17) is 4.74 Å². The number of benzene rings is 2. The molecule has 0 radical (unpaired) electrons. The van der Waals surface area contributed by atoms with E-state index >= 15 is 0 Å². The Balaban J connectivity index is 1.51. The number of nitro groups is 1. The van der Waals surface area contributed by atoms with Gasteiger partial charge < -0.3 is 4.74 Å². The molecule has 0 saturated carbocycles. The van der Waals surface area contributed by atoms with Gasteiger partial charge in [0.25, 0.3) is 11.2 Å². The Hall–Kier alpha value is -4.01. The lowest BCUT2D eigenvalue weighted by Crippen LogP contribution is -2.21. The minimum atomic E-state index is -0.486. The molecular formula is C22H21N5O4. The van der Waals surface area contributed by atoms with Crippen LogP contribution in [0.2, 0.25) is 0 Å². The van der Waals surface area contributed by atoms with Crippen LogP contribution in [0, 0.1) is 24.0 Å². The SMILES string of the molecule is Cc1ccc(OCCCn2cnc3c(cnn3-c3ccccc3[N+](=O)[O-])c2=O)cc1C. The second-order valence-corrected chi connectivity index (χ2v) is 7.23. The highest BCUT2D eigenvalue weighted by Gasteiger charge is 2.19. The zero-order valence-electron chi connectivity index (χ0n) is 17.2. The molecule has 2 aromatic carbocycles. The molecular weight excluding hydrogens is 398 g/mol. The van der Waals surface area contributed by atoms with E-state index in [2.05, 4.69) is 10.1 Å². The Kier molecular flexibility index (Phi) is 5.48. The van der Waals surface area contributed by atoms with Crippen molar-refractivity contribution in [3.63, 3.8) is 0 Å². The molecule has 0 fully saturated rings. The first kappa shape index (κ1) is 20.3. The van der Waals surface area contributed by atoms with Crippen LogP contribution in [0.15, 0.2) is 59.8 Å². The van der Waals surface area contributed by atoms with E-state index in [1.54, 1.807) is 18.2 Å². The molecule has 0 unspecified atom stereocenters. The zero-order valence-corrected chi connectivity index (χ0v) is 17.2. The maximum absolute atomic E-state index is 12.8. The van der Waals surface area contributed by atoms with Crippen molar-refractivity contribution in [3.8, 4) is 11.4 Å². The van der Waals surface area contributed by atoms with Crippen LogP contribution in [0.3, 0.4) is 0 Å². The van der Waals surface area contributed by atoms with Crippen LogP contribution >= 0.6 is 0 Å². The number of ether oxygens (including phenoxy) is 1. The van der Waals surface area contributed by atoms with Gasteiger partial charge in [-0.15, -0.1) is 0 Å². The van der Waals surface area contributed by atoms with Crippen LogP contribution < -0.4 is 10.3 Å². The van der Waals surface area contributed by atoms with E-state index in [-0.39, 0.29) is 22.6 Å². The maximum atomic E-state index is 12.8. The summed E-state index contributed by atoms with van der Waals surface area (Å²) in [6.45, 7) is 4.98. The summed E-state index contributed by atoms with van der Waals surface area (Å²) in [7, 11) is 0. The van der Waals surface area contributed by atoms with Crippen molar-refractivity contribution < 1.29 is 9.66 Å². The highest BCUT2D eigenvalue weighted by atomic mass is 16.6. The fourth-order valence-corrected chi connectivity index (χ4v) is 3.31. The number of aryl methyl sites for hydroxylation is 3. The standard InChI is InChI=1S/C22H21N5O4/c1-15-8-9-17(12-16(15)2)31-11-5-10-25-14-23-21-18(22(25)28)13-24-26(21)19-6-3-4-7-20(19)27(29)30/h3-4,6-9,12-14H,5,10-11H2,1-2H3. The topological polar surface area (TPSA) is 105 Å². The molecule has 158 valence electrons. The van der Waals surface area contributed by atoms with Gasteiger partial charge in [-0.05, 0) is 49.6 Å². The van der Waals surface area contributed by atoms with Crippen LogP contribution in [-0.4, -0.2) is 30.9 Å². The highest BCUT2D eigenvalue weighted by Crippen LogP contribution is 2.24. The molecule has 0 N–H and O–H groups in total. The quantitative estimate of drug-likeness (QED) is 0.258. The Morgan fingerprint density at radius 1 is 1.13 bits per heavy atom. The lowest BCUT2D eigenvalue weighted by atomic mass is 10.1. The van der Waals surface area contributed by atoms with Crippen molar-refractivity contribution in [3.05, 3.63) is 86.6 Å². The van der Waals surface area contributed by atoms with Gasteiger partial charge in [0, 0.05) is 12.6 Å². The molecule has 0 aliphatic heterocycles. The number of aromatic nitrogens is 4. The van der Waals surface area contributed by atoms with Crippen LogP contribution in [0.25, 0.3) is 16.7 Å². The largest absolute Gasteiger partial charge is 0.494 e. The average Bonchev–Trinajstić information content (AvgIpc) is 3.20. The Bertz CT molecular complexity index is 1330. The summed E-state index contributed by atoms with van der Waals surface area (Å²) < 4.78 is 8.59. The zero-order chi connectivity index (χ0) is 22.0. The van der Waals surface area contributed by atoms with Crippen LogP contribution in [0.4, 0.5) is 5.69 Å². The summed E-state index contributed by atoms with van der Waals surface area (Å²) in [5.41, 5.74) is 2.55. The summed E-state index contributed by atoms with van der Waals surface area (Å²) in [5.74, 6) is 0.801. The van der Waals surface area contributed by atoms with E-state index in [1.807, 2.05) is 32.0 Å². The van der Waals surface area contributed by atoms with E-state index in [9.17, 15) is 14.9 Å². The van der Waals surface area contributed by atoms with Crippen LogP contribution in [0.5, 0.6) is 5.75 Å². The Morgan fingerprint density at radius 3 is 2.71 bits per heavy atom. The van der Waals surface area contributed by atoms with E-state index in [0.717, 1.165) is 5.75 Å². The van der Waals surface area contributed by atoms with Crippen molar-refractivity contribution >= 4 is 16.7 Å². The van der Waals surface area contributed by atoms with Gasteiger partial charge in [0.15, 0.2) is 5.65 Å². The number of fused-ring (bicyclic) bond motifs is 1. The molecule has 0 aliphatic rings. The third kappa shape index (κ3) is 4.02. The fourth-order valence-electron chi connectivity index (χ4n) is 3.31. The molecule has 4 rings (SSSR count). The molecule has 0 bridgehead atoms. The van der Waals surface area contributed by atoms with Crippen molar-refractivity contribution in [2.24, 2.45) is 0 Å². The number of rotatable bonds is 7. The van der Waals surface area contributed by atoms with Crippen molar-refractivity contribution in [2.45, 2.75) is 26.8 Å². The molecule has 4 aromatic rings. The number of hydrogen-bond donors (Lipinski definition) is 0. The lowest BCUT2D eigenvalue weighted by molar-refractivity contribution is -0.384. The third-order valence-corrected chi connectivity index (χ3v) is 5.15. The van der Waals surface area contributed by atoms with Crippen molar-refractivity contribution in [1.29, 1.82) is 0 Å². The van der Waals surface area contributed by atoms with Crippen molar-refractivity contribution in [2.75, 3.05) is 6.61 Å². The van der Waals surface area contributed by atoms with Gasteiger partial charge >= 0.3 is 0 Å². The van der Waals surface area contributed by atoms with E-state index in [0.29, 0.717) is 25.0 Å². The van der Waals surface area contributed by atoms with Gasteiger partial charge in [0.1, 0.15) is 16.8 Å². The number of hydrogen-bond acceptors (Lipinski definition) is 6. The monoisotopic (exact) mass is 419 g/mol. The number of nitrogens with zero attached hydrogens (tertiary/aromatic N) is 5. The lowest BCUT2D eigenvalue weighted by Gasteiger charge is -2.09. The molecule has 0 saturated heterocycles. The average molecular weight is 419 g/mol. The predicted molar refractivity (Wildman–Crippen MR) is 116 cm³/mol. The number of para-hydroxylation sites is 2. The van der Waals surface area contributed by atoms with Gasteiger partial charge in [-0.1, -0.05) is 18.2 Å². The molecule has 9 heteroatoms. The summed E-state index contributed by atoms with van der Waals surface area (Å²) in [5, 5.41) is 15.8. The van der Waals surface area contributed by atoms with Gasteiger partial charge in [-0.3, -0.25) is 19.5 Å². The normalized spacial score (nSPS) is 11.0. The first-order chi connectivity index (χ1) is 15.0. The molecule has 2 aromatic heterocycles. The second-order valence-electron chi connectivity index (χ2n) is 7.23. The molecule has 9 nitrogen and oxygen atoms in total. The molecule has 0 amide bonds. The van der Waals surface area contributed by atoms with E-state index in [1.165, 1.54) is 39.0 Å². The van der Waals surface area contributed by atoms with Crippen LogP contribution in [0.1, 0.15) is 17.5 Å². The van der Waals surface area contributed by atoms with E-state index < -0.39 is 4.92 Å². The molecule has 0 atom stereocenters. The molecule has 0 aliphatic carbocycles. The van der Waals surface area contributed by atoms with Gasteiger partial charge in [-0.25, -0.2) is 9.67 Å². The highest BCUT2D eigenvalue weighted by molar-refractivity contribution is 5.76. The summed E-state index contributed by atoms with van der Waals surface area (Å²) in [6.07, 6.45) is 3.45. The summed E-state index contributed by atoms with van der Waals surface area (Å²) in [6, 6.07) is 12.1. The molecule has 31 heavy (non-hydrogen) atoms.